The number of carbonyl (C=O) groups excluding carboxylic acids is 3. The average molecular weight is 399 g/mol. The Labute approximate surface area is 171 Å². The summed E-state index contributed by atoms with van der Waals surface area (Å²) in [6.07, 6.45) is 18.2. The third-order valence-electron chi connectivity index (χ3n) is 4.80. The van der Waals surface area contributed by atoms with Crippen LogP contribution in [0.15, 0.2) is 0 Å². The van der Waals surface area contributed by atoms with Gasteiger partial charge in [0.25, 0.3) is 0 Å². The van der Waals surface area contributed by atoms with Crippen molar-refractivity contribution >= 4 is 17.8 Å². The van der Waals surface area contributed by atoms with Gasteiger partial charge in [0, 0.05) is 13.0 Å². The second-order valence-corrected chi connectivity index (χ2v) is 7.50. The molecular weight excluding hydrogens is 356 g/mol. The van der Waals surface area contributed by atoms with E-state index in [9.17, 15) is 14.4 Å². The van der Waals surface area contributed by atoms with Crippen molar-refractivity contribution in [1.82, 2.24) is 5.32 Å². The maximum Gasteiger partial charge on any atom is 0.327 e. The quantitative estimate of drug-likeness (QED) is 0.191. The van der Waals surface area contributed by atoms with E-state index in [2.05, 4.69) is 17.0 Å². The largest absolute Gasteiger partial charge is 0.392 e. The van der Waals surface area contributed by atoms with E-state index in [-0.39, 0.29) is 25.3 Å². The molecule has 0 saturated carbocycles. The van der Waals surface area contributed by atoms with Crippen molar-refractivity contribution in [3.8, 4) is 0 Å². The third kappa shape index (κ3) is 19.3. The summed E-state index contributed by atoms with van der Waals surface area (Å²) in [5.41, 5.74) is 5.04. The monoisotopic (exact) mass is 398 g/mol. The minimum Gasteiger partial charge on any atom is -0.392 e. The molecular formula is C22H42N2O4. The number of carbonyl (C=O) groups is 3. The molecule has 0 bridgehead atoms. The normalized spacial score (nSPS) is 10.6. The summed E-state index contributed by atoms with van der Waals surface area (Å²) in [6, 6.07) is 0. The standard InChI is InChI=1S/C22H42N2O4/c1-2-3-4-5-6-7-8-9-10-11-12-13-14-15-18-24-20(25)16-17-21(26)28-22(27)19-23/h2-19,23H2,1H3,(H,24,25). The molecule has 0 heterocycles. The van der Waals surface area contributed by atoms with Crippen molar-refractivity contribution in [1.29, 1.82) is 0 Å². The number of ether oxygens (including phenoxy) is 1. The summed E-state index contributed by atoms with van der Waals surface area (Å²) < 4.78 is 4.40. The number of rotatable bonds is 19. The Morgan fingerprint density at radius 1 is 0.679 bits per heavy atom. The smallest absolute Gasteiger partial charge is 0.327 e. The number of nitrogens with two attached hydrogens (primary N) is 1. The lowest BCUT2D eigenvalue weighted by Crippen LogP contribution is -2.26. The van der Waals surface area contributed by atoms with Crippen LogP contribution in [0.2, 0.25) is 0 Å². The van der Waals surface area contributed by atoms with Crippen molar-refractivity contribution in [2.75, 3.05) is 13.1 Å². The summed E-state index contributed by atoms with van der Waals surface area (Å²) in [7, 11) is 0. The molecule has 0 atom stereocenters. The van der Waals surface area contributed by atoms with Crippen molar-refractivity contribution in [2.24, 2.45) is 5.73 Å². The molecule has 0 aliphatic carbocycles. The Bertz CT molecular complexity index is 413. The van der Waals surface area contributed by atoms with Gasteiger partial charge in [0.1, 0.15) is 0 Å². The topological polar surface area (TPSA) is 98.5 Å². The molecule has 6 heteroatoms. The summed E-state index contributed by atoms with van der Waals surface area (Å²) in [5, 5.41) is 2.79. The first kappa shape index (κ1) is 26.6. The van der Waals surface area contributed by atoms with Gasteiger partial charge in [0.15, 0.2) is 0 Å². The van der Waals surface area contributed by atoms with Crippen LogP contribution in [0.3, 0.4) is 0 Å². The molecule has 28 heavy (non-hydrogen) atoms. The number of unbranched alkanes of at least 4 members (excludes halogenated alkanes) is 13. The van der Waals surface area contributed by atoms with Crippen molar-refractivity contribution in [2.45, 2.75) is 110 Å². The fourth-order valence-electron chi connectivity index (χ4n) is 3.07. The molecule has 0 spiro atoms. The zero-order valence-corrected chi connectivity index (χ0v) is 17.9. The third-order valence-corrected chi connectivity index (χ3v) is 4.80. The highest BCUT2D eigenvalue weighted by atomic mass is 16.6. The molecule has 0 aromatic rings. The van der Waals surface area contributed by atoms with Gasteiger partial charge in [-0.05, 0) is 6.42 Å². The summed E-state index contributed by atoms with van der Waals surface area (Å²) in [6.45, 7) is 2.55. The molecule has 0 aliphatic rings. The van der Waals surface area contributed by atoms with Crippen LogP contribution in [0, 0.1) is 0 Å². The van der Waals surface area contributed by atoms with Crippen molar-refractivity contribution < 1.29 is 19.1 Å². The molecule has 1 amide bonds. The SMILES string of the molecule is CCCCCCCCCCCCCCCCNC(=O)CCC(=O)OC(=O)CN. The van der Waals surface area contributed by atoms with Gasteiger partial charge in [-0.2, -0.15) is 0 Å². The van der Waals surface area contributed by atoms with E-state index >= 15 is 0 Å². The molecule has 3 N–H and O–H groups in total. The van der Waals surface area contributed by atoms with Crippen LogP contribution in [-0.4, -0.2) is 30.9 Å². The van der Waals surface area contributed by atoms with E-state index in [1.165, 1.54) is 77.0 Å². The predicted molar refractivity (Wildman–Crippen MR) is 113 cm³/mol. The van der Waals surface area contributed by atoms with Crippen molar-refractivity contribution in [3.63, 3.8) is 0 Å². The summed E-state index contributed by atoms with van der Waals surface area (Å²) in [5.74, 6) is -1.67. The first-order valence-corrected chi connectivity index (χ1v) is 11.3. The van der Waals surface area contributed by atoms with Gasteiger partial charge >= 0.3 is 11.9 Å². The van der Waals surface area contributed by atoms with Gasteiger partial charge in [-0.3, -0.25) is 14.4 Å². The fraction of sp³-hybridized carbons (Fsp3) is 0.864. The van der Waals surface area contributed by atoms with E-state index in [1.54, 1.807) is 0 Å². The van der Waals surface area contributed by atoms with Gasteiger partial charge in [-0.25, -0.2) is 0 Å². The molecule has 164 valence electrons. The Morgan fingerprint density at radius 2 is 1.14 bits per heavy atom. The molecule has 6 nitrogen and oxygen atoms in total. The fourth-order valence-corrected chi connectivity index (χ4v) is 3.07. The van der Waals surface area contributed by atoms with Crippen LogP contribution in [0.1, 0.15) is 110 Å². The Hall–Kier alpha value is -1.43. The van der Waals surface area contributed by atoms with Crippen LogP contribution in [0.4, 0.5) is 0 Å². The number of amides is 1. The average Bonchev–Trinajstić information content (AvgIpc) is 2.69. The van der Waals surface area contributed by atoms with Crippen LogP contribution < -0.4 is 11.1 Å². The van der Waals surface area contributed by atoms with E-state index < -0.39 is 11.9 Å². The highest BCUT2D eigenvalue weighted by molar-refractivity contribution is 5.88. The maximum atomic E-state index is 11.6. The minimum absolute atomic E-state index is 0.0370. The zero-order valence-electron chi connectivity index (χ0n) is 17.9. The van der Waals surface area contributed by atoms with Gasteiger partial charge < -0.3 is 15.8 Å². The number of nitrogens with one attached hydrogen (secondary N) is 1. The van der Waals surface area contributed by atoms with Gasteiger partial charge in [0.05, 0.1) is 13.0 Å². The van der Waals surface area contributed by atoms with Crippen LogP contribution in [-0.2, 0) is 19.1 Å². The second-order valence-electron chi connectivity index (χ2n) is 7.50. The predicted octanol–water partition coefficient (Wildman–Crippen LogP) is 4.39. The van der Waals surface area contributed by atoms with E-state index in [0.29, 0.717) is 6.54 Å². The van der Waals surface area contributed by atoms with Crippen LogP contribution >= 0.6 is 0 Å². The highest BCUT2D eigenvalue weighted by Gasteiger charge is 2.11. The van der Waals surface area contributed by atoms with E-state index in [4.69, 9.17) is 5.73 Å². The molecule has 0 aliphatic heterocycles. The lowest BCUT2D eigenvalue weighted by Gasteiger charge is -2.05. The van der Waals surface area contributed by atoms with E-state index in [1.807, 2.05) is 0 Å². The molecule has 0 radical (unpaired) electrons. The summed E-state index contributed by atoms with van der Waals surface area (Å²) in [4.78, 5) is 33.7. The molecule has 0 saturated heterocycles. The Balaban J connectivity index is 3.27. The lowest BCUT2D eigenvalue weighted by atomic mass is 10.0. The van der Waals surface area contributed by atoms with E-state index in [0.717, 1.165) is 12.8 Å². The minimum atomic E-state index is -0.771. The van der Waals surface area contributed by atoms with Crippen LogP contribution in [0.5, 0.6) is 0 Å². The van der Waals surface area contributed by atoms with Crippen molar-refractivity contribution in [3.05, 3.63) is 0 Å². The zero-order chi connectivity index (χ0) is 20.9. The number of hydrogen-bond donors (Lipinski definition) is 2. The van der Waals surface area contributed by atoms with Gasteiger partial charge in [0.2, 0.25) is 5.91 Å². The molecule has 0 unspecified atom stereocenters. The lowest BCUT2D eigenvalue weighted by molar-refractivity contribution is -0.159. The number of esters is 2. The molecule has 0 rings (SSSR count). The first-order valence-electron chi connectivity index (χ1n) is 11.3. The molecule has 0 aromatic heterocycles. The highest BCUT2D eigenvalue weighted by Crippen LogP contribution is 2.12. The number of hydrogen-bond acceptors (Lipinski definition) is 5. The Kier molecular flexibility index (Phi) is 19.3. The van der Waals surface area contributed by atoms with Crippen LogP contribution in [0.25, 0.3) is 0 Å². The second kappa shape index (κ2) is 20.3. The Morgan fingerprint density at radius 3 is 1.61 bits per heavy atom. The van der Waals surface area contributed by atoms with Gasteiger partial charge in [-0.1, -0.05) is 90.4 Å². The first-order chi connectivity index (χ1) is 13.6. The van der Waals surface area contributed by atoms with Gasteiger partial charge in [-0.15, -0.1) is 0 Å². The molecule has 0 fully saturated rings. The summed E-state index contributed by atoms with van der Waals surface area (Å²) >= 11 is 0. The molecule has 0 aromatic carbocycles. The maximum absolute atomic E-state index is 11.6.